The Morgan fingerprint density at radius 1 is 0.667 bits per heavy atom. The zero-order valence-electron chi connectivity index (χ0n) is 11.5. The van der Waals surface area contributed by atoms with Crippen molar-refractivity contribution in [3.8, 4) is 0 Å². The van der Waals surface area contributed by atoms with Crippen molar-refractivity contribution in [3.63, 3.8) is 0 Å². The molecule has 0 bridgehead atoms. The Morgan fingerprint density at radius 2 is 1.39 bits per heavy atom. The molecular formula is C18H18. The Labute approximate surface area is 108 Å². The van der Waals surface area contributed by atoms with Gasteiger partial charge in [0.15, 0.2) is 0 Å². The fourth-order valence-corrected chi connectivity index (χ4v) is 2.98. The quantitative estimate of drug-likeness (QED) is 0.467. The first kappa shape index (κ1) is 11.3. The van der Waals surface area contributed by atoms with Gasteiger partial charge in [-0.15, -0.1) is 0 Å². The van der Waals surface area contributed by atoms with Crippen molar-refractivity contribution >= 4 is 21.5 Å². The number of fused-ring (bicyclic) bond motifs is 3. The molecule has 0 N–H and O–H groups in total. The molecule has 3 aromatic carbocycles. The fraction of sp³-hybridized carbons (Fsp3) is 0.222. The maximum Gasteiger partial charge on any atom is -0.00972 e. The lowest BCUT2D eigenvalue weighted by molar-refractivity contribution is 1.29. The maximum atomic E-state index is 2.34. The second kappa shape index (κ2) is 3.84. The van der Waals surface area contributed by atoms with Crippen LogP contribution in [-0.4, -0.2) is 0 Å². The Kier molecular flexibility index (Phi) is 2.41. The molecule has 0 nitrogen and oxygen atoms in total. The van der Waals surface area contributed by atoms with E-state index in [9.17, 15) is 0 Å². The molecule has 0 spiro atoms. The van der Waals surface area contributed by atoms with Crippen molar-refractivity contribution in [2.75, 3.05) is 0 Å². The van der Waals surface area contributed by atoms with Crippen LogP contribution >= 0.6 is 0 Å². The smallest absolute Gasteiger partial charge is 0.00972 e. The topological polar surface area (TPSA) is 0 Å². The van der Waals surface area contributed by atoms with Gasteiger partial charge in [-0.25, -0.2) is 0 Å². The third-order valence-corrected chi connectivity index (χ3v) is 4.18. The molecule has 0 fully saturated rings. The van der Waals surface area contributed by atoms with E-state index in [4.69, 9.17) is 0 Å². The Balaban J connectivity index is 2.65. The van der Waals surface area contributed by atoms with Gasteiger partial charge >= 0.3 is 0 Å². The number of hydrogen-bond donors (Lipinski definition) is 0. The molecule has 0 aliphatic carbocycles. The highest BCUT2D eigenvalue weighted by Gasteiger charge is 2.09. The molecular weight excluding hydrogens is 216 g/mol. The van der Waals surface area contributed by atoms with Gasteiger partial charge in [0.2, 0.25) is 0 Å². The lowest BCUT2D eigenvalue weighted by Crippen LogP contribution is -1.92. The summed E-state index contributed by atoms with van der Waals surface area (Å²) in [6.07, 6.45) is 0. The van der Waals surface area contributed by atoms with Crippen LogP contribution in [0.3, 0.4) is 0 Å². The van der Waals surface area contributed by atoms with Crippen molar-refractivity contribution in [1.82, 2.24) is 0 Å². The third-order valence-electron chi connectivity index (χ3n) is 4.18. The van der Waals surface area contributed by atoms with Gasteiger partial charge in [0.05, 0.1) is 0 Å². The van der Waals surface area contributed by atoms with Crippen LogP contribution in [0.1, 0.15) is 22.3 Å². The van der Waals surface area contributed by atoms with Crippen LogP contribution in [0.4, 0.5) is 0 Å². The second-order valence-electron chi connectivity index (χ2n) is 5.28. The largest absolute Gasteiger partial charge is 0.0616 e. The molecule has 0 aliphatic heterocycles. The van der Waals surface area contributed by atoms with E-state index in [2.05, 4.69) is 64.1 Å². The SMILES string of the molecule is Cc1cc2c(c(C)cc3ccccc32)c(C)c1C. The summed E-state index contributed by atoms with van der Waals surface area (Å²) in [5.74, 6) is 0. The van der Waals surface area contributed by atoms with Crippen LogP contribution in [0.5, 0.6) is 0 Å². The number of aryl methyl sites for hydroxylation is 3. The first-order valence-electron chi connectivity index (χ1n) is 6.48. The van der Waals surface area contributed by atoms with Gasteiger partial charge in [-0.05, 0) is 71.5 Å². The predicted octanol–water partition coefficient (Wildman–Crippen LogP) is 5.23. The lowest BCUT2D eigenvalue weighted by Gasteiger charge is -2.14. The van der Waals surface area contributed by atoms with Crippen molar-refractivity contribution in [3.05, 3.63) is 58.7 Å². The van der Waals surface area contributed by atoms with Crippen LogP contribution in [-0.2, 0) is 0 Å². The van der Waals surface area contributed by atoms with Crippen molar-refractivity contribution in [2.45, 2.75) is 27.7 Å². The molecule has 0 saturated heterocycles. The molecule has 0 heteroatoms. The molecule has 0 atom stereocenters. The van der Waals surface area contributed by atoms with Gasteiger partial charge in [0.25, 0.3) is 0 Å². The summed E-state index contributed by atoms with van der Waals surface area (Å²) in [4.78, 5) is 0. The fourth-order valence-electron chi connectivity index (χ4n) is 2.98. The molecule has 0 heterocycles. The summed E-state index contributed by atoms with van der Waals surface area (Å²) in [6, 6.07) is 13.3. The minimum atomic E-state index is 1.34. The van der Waals surface area contributed by atoms with Crippen molar-refractivity contribution in [1.29, 1.82) is 0 Å². The highest BCUT2D eigenvalue weighted by molar-refractivity contribution is 6.10. The van der Waals surface area contributed by atoms with E-state index in [0.29, 0.717) is 0 Å². The van der Waals surface area contributed by atoms with E-state index in [1.165, 1.54) is 43.8 Å². The van der Waals surface area contributed by atoms with Gasteiger partial charge in [-0.2, -0.15) is 0 Å². The molecule has 3 aromatic rings. The minimum Gasteiger partial charge on any atom is -0.0616 e. The van der Waals surface area contributed by atoms with Crippen LogP contribution < -0.4 is 0 Å². The summed E-state index contributed by atoms with van der Waals surface area (Å²) in [7, 11) is 0. The van der Waals surface area contributed by atoms with E-state index in [-0.39, 0.29) is 0 Å². The van der Waals surface area contributed by atoms with Crippen LogP contribution in [0, 0.1) is 27.7 Å². The molecule has 0 amide bonds. The molecule has 0 aromatic heterocycles. The summed E-state index contributed by atoms with van der Waals surface area (Å²) < 4.78 is 0. The molecule has 0 radical (unpaired) electrons. The first-order valence-corrected chi connectivity index (χ1v) is 6.48. The number of hydrogen-bond acceptors (Lipinski definition) is 0. The zero-order valence-corrected chi connectivity index (χ0v) is 11.5. The van der Waals surface area contributed by atoms with Crippen molar-refractivity contribution < 1.29 is 0 Å². The van der Waals surface area contributed by atoms with Gasteiger partial charge < -0.3 is 0 Å². The van der Waals surface area contributed by atoms with Crippen LogP contribution in [0.25, 0.3) is 21.5 Å². The lowest BCUT2D eigenvalue weighted by atomic mass is 9.90. The molecule has 18 heavy (non-hydrogen) atoms. The Morgan fingerprint density at radius 3 is 2.17 bits per heavy atom. The summed E-state index contributed by atoms with van der Waals surface area (Å²) in [5.41, 5.74) is 5.61. The van der Waals surface area contributed by atoms with E-state index in [1.54, 1.807) is 0 Å². The summed E-state index contributed by atoms with van der Waals surface area (Å²) in [6.45, 7) is 8.89. The van der Waals surface area contributed by atoms with E-state index >= 15 is 0 Å². The molecule has 0 unspecified atom stereocenters. The minimum absolute atomic E-state index is 1.34. The van der Waals surface area contributed by atoms with E-state index < -0.39 is 0 Å². The van der Waals surface area contributed by atoms with Gasteiger partial charge in [-0.3, -0.25) is 0 Å². The Bertz CT molecular complexity index is 764. The monoisotopic (exact) mass is 234 g/mol. The van der Waals surface area contributed by atoms with Crippen LogP contribution in [0.15, 0.2) is 36.4 Å². The molecule has 3 rings (SSSR count). The van der Waals surface area contributed by atoms with Gasteiger partial charge in [0, 0.05) is 0 Å². The first-order chi connectivity index (χ1) is 8.59. The van der Waals surface area contributed by atoms with Gasteiger partial charge in [-0.1, -0.05) is 36.4 Å². The second-order valence-corrected chi connectivity index (χ2v) is 5.28. The zero-order chi connectivity index (χ0) is 12.9. The number of benzene rings is 3. The average Bonchev–Trinajstić information content (AvgIpc) is 2.35. The highest BCUT2D eigenvalue weighted by Crippen LogP contribution is 2.33. The van der Waals surface area contributed by atoms with Crippen molar-refractivity contribution in [2.24, 2.45) is 0 Å². The predicted molar refractivity (Wildman–Crippen MR) is 80.4 cm³/mol. The average molecular weight is 234 g/mol. The maximum absolute atomic E-state index is 2.34. The molecule has 0 aliphatic rings. The summed E-state index contributed by atoms with van der Waals surface area (Å²) >= 11 is 0. The number of rotatable bonds is 0. The highest BCUT2D eigenvalue weighted by atomic mass is 14.1. The summed E-state index contributed by atoms with van der Waals surface area (Å²) in [5, 5.41) is 5.53. The van der Waals surface area contributed by atoms with E-state index in [1.807, 2.05) is 0 Å². The van der Waals surface area contributed by atoms with E-state index in [0.717, 1.165) is 0 Å². The van der Waals surface area contributed by atoms with Gasteiger partial charge in [0.1, 0.15) is 0 Å². The molecule has 90 valence electrons. The molecule has 0 saturated carbocycles. The van der Waals surface area contributed by atoms with Crippen LogP contribution in [0.2, 0.25) is 0 Å². The standard InChI is InChI=1S/C18H18/c1-11-10-17-16-8-6-5-7-15(16)9-12(2)18(17)14(4)13(11)3/h5-10H,1-4H3. The Hall–Kier alpha value is -1.82. The normalized spacial score (nSPS) is 11.3. The third kappa shape index (κ3) is 1.45.